The molecule has 22 heavy (non-hydrogen) atoms. The van der Waals surface area contributed by atoms with Gasteiger partial charge in [0.25, 0.3) is 0 Å². The van der Waals surface area contributed by atoms with Crippen molar-refractivity contribution >= 4 is 11.7 Å². The highest BCUT2D eigenvalue weighted by molar-refractivity contribution is 5.94. The molecule has 112 valence electrons. The van der Waals surface area contributed by atoms with E-state index in [0.29, 0.717) is 6.42 Å². The minimum atomic E-state index is 0.00755. The van der Waals surface area contributed by atoms with Crippen LogP contribution < -0.4 is 10.1 Å². The van der Waals surface area contributed by atoms with Crippen LogP contribution in [0.5, 0.6) is 5.75 Å². The maximum Gasteiger partial charge on any atom is 0.226 e. The summed E-state index contributed by atoms with van der Waals surface area (Å²) in [6.07, 6.45) is 5.60. The second-order valence-corrected chi connectivity index (χ2v) is 5.34. The largest absolute Gasteiger partial charge is 0.481 e. The fraction of sp³-hybridized carbons (Fsp3) is 0.294. The van der Waals surface area contributed by atoms with Gasteiger partial charge in [-0.25, -0.2) is 0 Å². The van der Waals surface area contributed by atoms with Gasteiger partial charge in [0, 0.05) is 24.9 Å². The first-order valence-electron chi connectivity index (χ1n) is 7.09. The van der Waals surface area contributed by atoms with Crippen LogP contribution in [-0.2, 0) is 11.8 Å². The number of aromatic nitrogens is 2. The van der Waals surface area contributed by atoms with Gasteiger partial charge in [0.05, 0.1) is 5.69 Å². The zero-order chi connectivity index (χ0) is 15.7. The summed E-state index contributed by atoms with van der Waals surface area (Å²) >= 11 is 0. The van der Waals surface area contributed by atoms with E-state index < -0.39 is 0 Å². The smallest absolute Gasteiger partial charge is 0.226 e. The molecule has 1 aromatic heterocycles. The molecule has 2 heterocycles. The lowest BCUT2D eigenvalue weighted by Crippen LogP contribution is -2.24. The van der Waals surface area contributed by atoms with Gasteiger partial charge >= 0.3 is 0 Å². The molecule has 5 heteroatoms. The van der Waals surface area contributed by atoms with Crippen molar-refractivity contribution in [2.24, 2.45) is 7.05 Å². The van der Waals surface area contributed by atoms with Crippen LogP contribution in [0.2, 0.25) is 0 Å². The molecule has 3 rings (SSSR count). The fourth-order valence-corrected chi connectivity index (χ4v) is 2.92. The Morgan fingerprint density at radius 3 is 2.86 bits per heavy atom. The summed E-state index contributed by atoms with van der Waals surface area (Å²) in [5, 5.41) is 7.32. The summed E-state index contributed by atoms with van der Waals surface area (Å²) in [5.74, 6) is 3.97. The summed E-state index contributed by atoms with van der Waals surface area (Å²) in [6, 6.07) is 7.71. The predicted octanol–water partition coefficient (Wildman–Crippen LogP) is 2.21. The Bertz CT molecular complexity index is 753. The molecule has 0 bridgehead atoms. The molecule has 0 saturated carbocycles. The number of hydrogen-bond acceptors (Lipinski definition) is 3. The molecule has 1 aliphatic heterocycles. The maximum absolute atomic E-state index is 12.0. The van der Waals surface area contributed by atoms with E-state index in [4.69, 9.17) is 11.2 Å². The zero-order valence-electron chi connectivity index (χ0n) is 12.6. The Labute approximate surface area is 129 Å². The first kappa shape index (κ1) is 14.2. The molecule has 1 aromatic carbocycles. The Kier molecular flexibility index (Phi) is 3.60. The molecule has 5 nitrogen and oxygen atoms in total. The molecule has 1 atom stereocenters. The van der Waals surface area contributed by atoms with Crippen molar-refractivity contribution < 1.29 is 9.53 Å². The number of amides is 1. The van der Waals surface area contributed by atoms with Crippen molar-refractivity contribution in [1.82, 2.24) is 9.78 Å². The Morgan fingerprint density at radius 1 is 1.45 bits per heavy atom. The van der Waals surface area contributed by atoms with Crippen LogP contribution in [0.4, 0.5) is 5.82 Å². The van der Waals surface area contributed by atoms with Gasteiger partial charge in [-0.05, 0) is 24.6 Å². The van der Waals surface area contributed by atoms with E-state index in [1.807, 2.05) is 38.2 Å². The maximum atomic E-state index is 12.0. The number of ether oxygens (including phenoxy) is 1. The lowest BCUT2D eigenvalue weighted by molar-refractivity contribution is -0.116. The number of nitrogens with zero attached hydrogens (tertiary/aromatic N) is 2. The predicted molar refractivity (Wildman–Crippen MR) is 83.8 cm³/mol. The summed E-state index contributed by atoms with van der Waals surface area (Å²) in [6.45, 7) is 2.21. The van der Waals surface area contributed by atoms with Crippen LogP contribution >= 0.6 is 0 Å². The number of hydrogen-bond donors (Lipinski definition) is 1. The Balaban J connectivity index is 1.95. The highest BCUT2D eigenvalue weighted by atomic mass is 16.5. The molecule has 0 spiro atoms. The van der Waals surface area contributed by atoms with Crippen LogP contribution in [-0.4, -0.2) is 22.3 Å². The second kappa shape index (κ2) is 5.57. The van der Waals surface area contributed by atoms with Crippen molar-refractivity contribution in [3.8, 4) is 18.1 Å². The number of rotatable bonds is 3. The van der Waals surface area contributed by atoms with Gasteiger partial charge < -0.3 is 10.1 Å². The number of fused-ring (bicyclic) bond motifs is 1. The van der Waals surface area contributed by atoms with Gasteiger partial charge in [-0.3, -0.25) is 9.48 Å². The summed E-state index contributed by atoms with van der Waals surface area (Å²) in [4.78, 5) is 12.0. The zero-order valence-corrected chi connectivity index (χ0v) is 12.6. The Hall–Kier alpha value is -2.74. The van der Waals surface area contributed by atoms with Crippen molar-refractivity contribution in [3.63, 3.8) is 0 Å². The van der Waals surface area contributed by atoms with Crippen molar-refractivity contribution in [1.29, 1.82) is 0 Å². The van der Waals surface area contributed by atoms with E-state index in [1.165, 1.54) is 0 Å². The minimum Gasteiger partial charge on any atom is -0.481 e. The van der Waals surface area contributed by atoms with E-state index >= 15 is 0 Å². The third kappa shape index (κ3) is 2.44. The third-order valence-corrected chi connectivity index (χ3v) is 3.87. The van der Waals surface area contributed by atoms with E-state index in [9.17, 15) is 4.79 Å². The van der Waals surface area contributed by atoms with E-state index in [0.717, 1.165) is 28.4 Å². The number of aryl methyl sites for hydroxylation is 2. The second-order valence-electron chi connectivity index (χ2n) is 5.34. The van der Waals surface area contributed by atoms with Gasteiger partial charge in [0.2, 0.25) is 5.91 Å². The molecule has 1 unspecified atom stereocenters. The number of nitrogens with one attached hydrogen (secondary N) is 1. The van der Waals surface area contributed by atoms with Crippen molar-refractivity contribution in [3.05, 3.63) is 41.1 Å². The molecular weight excluding hydrogens is 278 g/mol. The monoisotopic (exact) mass is 295 g/mol. The molecular formula is C17H17N3O2. The quantitative estimate of drug-likeness (QED) is 0.883. The van der Waals surface area contributed by atoms with Crippen LogP contribution in [0.25, 0.3) is 0 Å². The summed E-state index contributed by atoms with van der Waals surface area (Å²) in [7, 11) is 1.84. The van der Waals surface area contributed by atoms with Gasteiger partial charge in [-0.1, -0.05) is 18.1 Å². The molecule has 2 aromatic rings. The first-order chi connectivity index (χ1) is 10.6. The lowest BCUT2D eigenvalue weighted by Gasteiger charge is -2.24. The topological polar surface area (TPSA) is 56.1 Å². The number of terminal acetylenes is 1. The number of benzene rings is 1. The van der Waals surface area contributed by atoms with Gasteiger partial charge in [0.1, 0.15) is 18.2 Å². The highest BCUT2D eigenvalue weighted by Crippen LogP contribution is 2.39. The normalized spacial score (nSPS) is 16.6. The third-order valence-electron chi connectivity index (χ3n) is 3.87. The van der Waals surface area contributed by atoms with Gasteiger partial charge in [0.15, 0.2) is 0 Å². The van der Waals surface area contributed by atoms with Crippen LogP contribution in [0.1, 0.15) is 29.2 Å². The Morgan fingerprint density at radius 2 is 2.18 bits per heavy atom. The molecule has 1 amide bonds. The van der Waals surface area contributed by atoms with Crippen molar-refractivity contribution in [2.75, 3.05) is 11.9 Å². The van der Waals surface area contributed by atoms with E-state index in [2.05, 4.69) is 16.3 Å². The SMILES string of the molecule is C#CCOc1ccc(C2CC(=O)Nc3c2c(C)nn3C)cc1. The average molecular weight is 295 g/mol. The van der Waals surface area contributed by atoms with Crippen LogP contribution in [0, 0.1) is 19.3 Å². The fourth-order valence-electron chi connectivity index (χ4n) is 2.92. The standard InChI is InChI=1S/C17H17N3O2/c1-4-9-22-13-7-5-12(6-8-13)14-10-15(21)18-17-16(14)11(2)19-20(17)3/h1,5-8,14H,9-10H2,2-3H3,(H,18,21). The molecule has 1 N–H and O–H groups in total. The number of carbonyl (C=O) groups excluding carboxylic acids is 1. The molecule has 1 aliphatic rings. The van der Waals surface area contributed by atoms with Crippen LogP contribution in [0.3, 0.4) is 0 Å². The summed E-state index contributed by atoms with van der Waals surface area (Å²) in [5.41, 5.74) is 3.09. The molecule has 0 fully saturated rings. The average Bonchev–Trinajstić information content (AvgIpc) is 2.79. The molecule has 0 radical (unpaired) electrons. The highest BCUT2D eigenvalue weighted by Gasteiger charge is 2.31. The summed E-state index contributed by atoms with van der Waals surface area (Å²) < 4.78 is 7.11. The molecule has 0 aliphatic carbocycles. The first-order valence-corrected chi connectivity index (χ1v) is 7.09. The van der Waals surface area contributed by atoms with Crippen molar-refractivity contribution in [2.45, 2.75) is 19.3 Å². The van der Waals surface area contributed by atoms with E-state index in [-0.39, 0.29) is 18.4 Å². The number of carbonyl (C=O) groups is 1. The van der Waals surface area contributed by atoms with Gasteiger partial charge in [-0.15, -0.1) is 6.42 Å². The van der Waals surface area contributed by atoms with Gasteiger partial charge in [-0.2, -0.15) is 5.10 Å². The van der Waals surface area contributed by atoms with E-state index in [1.54, 1.807) is 4.68 Å². The minimum absolute atomic E-state index is 0.00755. The number of anilines is 1. The van der Waals surface area contributed by atoms with Crippen LogP contribution in [0.15, 0.2) is 24.3 Å². The lowest BCUT2D eigenvalue weighted by atomic mass is 9.86. The molecule has 0 saturated heterocycles.